The first-order valence-corrected chi connectivity index (χ1v) is 6.44. The second-order valence-corrected chi connectivity index (χ2v) is 6.46. The molecule has 0 aliphatic rings. The van der Waals surface area contributed by atoms with Gasteiger partial charge in [0, 0.05) is 17.0 Å². The summed E-state index contributed by atoms with van der Waals surface area (Å²) < 4.78 is 1.65. The highest BCUT2D eigenvalue weighted by atomic mass is 35.5. The van der Waals surface area contributed by atoms with Gasteiger partial charge in [0.1, 0.15) is 5.69 Å². The molecule has 0 aliphatic carbocycles. The number of ketones is 1. The van der Waals surface area contributed by atoms with E-state index in [0.717, 1.165) is 0 Å². The van der Waals surface area contributed by atoms with E-state index in [0.29, 0.717) is 10.7 Å². The smallest absolute Gasteiger partial charge is 0.189 e. The number of Topliss-reactive ketones (excluding diaryl/α,β-unsaturated/α-hetero) is 1. The van der Waals surface area contributed by atoms with Crippen LogP contribution in [0.2, 0.25) is 5.02 Å². The minimum absolute atomic E-state index is 0.0770. The third kappa shape index (κ3) is 2.45. The highest BCUT2D eigenvalue weighted by Gasteiger charge is 2.43. The van der Waals surface area contributed by atoms with Gasteiger partial charge in [0.25, 0.3) is 0 Å². The van der Waals surface area contributed by atoms with Crippen molar-refractivity contribution < 1.29 is 4.79 Å². The van der Waals surface area contributed by atoms with Gasteiger partial charge in [-0.25, -0.2) is 0 Å². The van der Waals surface area contributed by atoms with E-state index < -0.39 is 11.0 Å². The van der Waals surface area contributed by atoms with Crippen LogP contribution in [0.3, 0.4) is 0 Å². The monoisotopic (exact) mass is 271 g/mol. The van der Waals surface area contributed by atoms with E-state index in [1.807, 2.05) is 41.5 Å². The maximum atomic E-state index is 12.7. The topological polar surface area (TPSA) is 60.9 Å². The molecule has 0 saturated carbocycles. The zero-order valence-electron chi connectivity index (χ0n) is 11.9. The standard InChI is InChI=1S/C13H22ClN3O/c1-8(2)17-10(9(14)7-16-17)11(18)12(3,4)13(5,6)15/h7-8H,15H2,1-6H3. The Bertz CT molecular complexity index is 455. The molecular weight excluding hydrogens is 250 g/mol. The number of carbonyl (C=O) groups is 1. The van der Waals surface area contributed by atoms with Gasteiger partial charge >= 0.3 is 0 Å². The van der Waals surface area contributed by atoms with Crippen molar-refractivity contribution in [2.24, 2.45) is 11.1 Å². The van der Waals surface area contributed by atoms with Crippen molar-refractivity contribution in [3.63, 3.8) is 0 Å². The molecule has 0 radical (unpaired) electrons. The SMILES string of the molecule is CC(C)n1ncc(Cl)c1C(=O)C(C)(C)C(C)(C)N. The van der Waals surface area contributed by atoms with E-state index in [-0.39, 0.29) is 11.8 Å². The van der Waals surface area contributed by atoms with Crippen LogP contribution in [-0.4, -0.2) is 21.1 Å². The lowest BCUT2D eigenvalue weighted by Gasteiger charge is -2.37. The average Bonchev–Trinajstić information content (AvgIpc) is 2.57. The maximum absolute atomic E-state index is 12.7. The van der Waals surface area contributed by atoms with Crippen molar-refractivity contribution in [2.75, 3.05) is 0 Å². The van der Waals surface area contributed by atoms with Crippen LogP contribution in [0.15, 0.2) is 6.20 Å². The fraction of sp³-hybridized carbons (Fsp3) is 0.692. The molecule has 0 unspecified atom stereocenters. The zero-order valence-corrected chi connectivity index (χ0v) is 12.7. The average molecular weight is 272 g/mol. The molecule has 4 nitrogen and oxygen atoms in total. The van der Waals surface area contributed by atoms with Gasteiger partial charge in [-0.05, 0) is 27.7 Å². The van der Waals surface area contributed by atoms with Gasteiger partial charge in [-0.15, -0.1) is 0 Å². The molecule has 0 fully saturated rings. The molecule has 0 aromatic carbocycles. The normalized spacial score (nSPS) is 13.2. The number of halogens is 1. The van der Waals surface area contributed by atoms with Gasteiger partial charge in [-0.2, -0.15) is 5.10 Å². The van der Waals surface area contributed by atoms with E-state index in [4.69, 9.17) is 17.3 Å². The number of carbonyl (C=O) groups excluding carboxylic acids is 1. The zero-order chi connectivity index (χ0) is 14.3. The summed E-state index contributed by atoms with van der Waals surface area (Å²) in [6, 6.07) is 0.0770. The Kier molecular flexibility index (Phi) is 3.94. The molecule has 0 atom stereocenters. The van der Waals surface area contributed by atoms with Gasteiger partial charge in [0.15, 0.2) is 5.78 Å². The first kappa shape index (κ1) is 15.2. The molecule has 0 saturated heterocycles. The van der Waals surface area contributed by atoms with Gasteiger partial charge < -0.3 is 5.73 Å². The van der Waals surface area contributed by atoms with Gasteiger partial charge in [0.2, 0.25) is 0 Å². The van der Waals surface area contributed by atoms with Crippen LogP contribution in [0.25, 0.3) is 0 Å². The molecule has 1 rings (SSSR count). The summed E-state index contributed by atoms with van der Waals surface area (Å²) in [5, 5.41) is 4.54. The van der Waals surface area contributed by atoms with E-state index >= 15 is 0 Å². The lowest BCUT2D eigenvalue weighted by molar-refractivity contribution is 0.0721. The molecule has 18 heavy (non-hydrogen) atoms. The molecule has 1 heterocycles. The third-order valence-corrected chi connectivity index (χ3v) is 3.91. The minimum Gasteiger partial charge on any atom is -0.325 e. The molecular formula is C13H22ClN3O. The van der Waals surface area contributed by atoms with Crippen LogP contribution in [0.4, 0.5) is 0 Å². The summed E-state index contributed by atoms with van der Waals surface area (Å²) in [7, 11) is 0. The Labute approximate surface area is 113 Å². The molecule has 0 amide bonds. The second-order valence-electron chi connectivity index (χ2n) is 6.06. The molecule has 2 N–H and O–H groups in total. The Morgan fingerprint density at radius 1 is 1.39 bits per heavy atom. The highest BCUT2D eigenvalue weighted by molar-refractivity contribution is 6.33. The van der Waals surface area contributed by atoms with Crippen molar-refractivity contribution >= 4 is 17.4 Å². The van der Waals surface area contributed by atoms with Gasteiger partial charge in [-0.1, -0.05) is 25.4 Å². The van der Waals surface area contributed by atoms with Crippen LogP contribution in [0.1, 0.15) is 58.1 Å². The van der Waals surface area contributed by atoms with Crippen LogP contribution in [-0.2, 0) is 0 Å². The van der Waals surface area contributed by atoms with Crippen LogP contribution < -0.4 is 5.73 Å². The quantitative estimate of drug-likeness (QED) is 0.856. The largest absolute Gasteiger partial charge is 0.325 e. The first-order valence-electron chi connectivity index (χ1n) is 6.07. The van der Waals surface area contributed by atoms with Gasteiger partial charge in [0.05, 0.1) is 11.2 Å². The number of hydrogen-bond acceptors (Lipinski definition) is 3. The molecule has 5 heteroatoms. The van der Waals surface area contributed by atoms with Crippen molar-refractivity contribution in [3.8, 4) is 0 Å². The lowest BCUT2D eigenvalue weighted by atomic mass is 9.71. The molecule has 1 aromatic rings. The fourth-order valence-electron chi connectivity index (χ4n) is 1.53. The van der Waals surface area contributed by atoms with Crippen molar-refractivity contribution in [2.45, 2.75) is 53.1 Å². The number of aromatic nitrogens is 2. The first-order chi connectivity index (χ1) is 8.00. The predicted octanol–water partition coefficient (Wildman–Crippen LogP) is 3.06. The second kappa shape index (κ2) is 4.67. The van der Waals surface area contributed by atoms with Gasteiger partial charge in [-0.3, -0.25) is 9.48 Å². The van der Waals surface area contributed by atoms with E-state index in [1.165, 1.54) is 6.20 Å². The van der Waals surface area contributed by atoms with Crippen LogP contribution in [0.5, 0.6) is 0 Å². The fourth-order valence-corrected chi connectivity index (χ4v) is 1.75. The Hall–Kier alpha value is -0.870. The van der Waals surface area contributed by atoms with Crippen molar-refractivity contribution in [1.29, 1.82) is 0 Å². The van der Waals surface area contributed by atoms with E-state index in [9.17, 15) is 4.79 Å². The molecule has 0 bridgehead atoms. The summed E-state index contributed by atoms with van der Waals surface area (Å²) >= 11 is 6.10. The van der Waals surface area contributed by atoms with Crippen molar-refractivity contribution in [3.05, 3.63) is 16.9 Å². The number of nitrogens with two attached hydrogens (primary N) is 1. The Morgan fingerprint density at radius 2 is 1.89 bits per heavy atom. The summed E-state index contributed by atoms with van der Waals surface area (Å²) in [4.78, 5) is 12.7. The van der Waals surface area contributed by atoms with E-state index in [1.54, 1.807) is 4.68 Å². The Morgan fingerprint density at radius 3 is 2.28 bits per heavy atom. The molecule has 0 spiro atoms. The highest BCUT2D eigenvalue weighted by Crippen LogP contribution is 2.35. The van der Waals surface area contributed by atoms with Crippen LogP contribution in [0, 0.1) is 5.41 Å². The number of hydrogen-bond donors (Lipinski definition) is 1. The molecule has 102 valence electrons. The third-order valence-electron chi connectivity index (χ3n) is 3.63. The van der Waals surface area contributed by atoms with Crippen LogP contribution >= 0.6 is 11.6 Å². The summed E-state index contributed by atoms with van der Waals surface area (Å²) in [5.41, 5.74) is 5.18. The Balaban J connectivity index is 3.32. The summed E-state index contributed by atoms with van der Waals surface area (Å²) in [6.07, 6.45) is 1.51. The summed E-state index contributed by atoms with van der Waals surface area (Å²) in [6.45, 7) is 11.3. The number of nitrogens with zero attached hydrogens (tertiary/aromatic N) is 2. The maximum Gasteiger partial charge on any atom is 0.189 e. The van der Waals surface area contributed by atoms with E-state index in [2.05, 4.69) is 5.10 Å². The van der Waals surface area contributed by atoms with Crippen molar-refractivity contribution in [1.82, 2.24) is 9.78 Å². The molecule has 0 aliphatic heterocycles. The predicted molar refractivity (Wildman–Crippen MR) is 74.0 cm³/mol. The molecule has 1 aromatic heterocycles. The number of rotatable bonds is 4. The minimum atomic E-state index is -0.719. The lowest BCUT2D eigenvalue weighted by Crippen LogP contribution is -2.52. The summed E-state index contributed by atoms with van der Waals surface area (Å²) in [5.74, 6) is -0.0776.